The maximum absolute atomic E-state index is 12.1. The Balaban J connectivity index is 2.20. The quantitative estimate of drug-likeness (QED) is 0.872. The largest absolute Gasteiger partial charge is 0.398 e. The summed E-state index contributed by atoms with van der Waals surface area (Å²) in [5.41, 5.74) is 5.76. The summed E-state index contributed by atoms with van der Waals surface area (Å²) in [6.45, 7) is 1.97. The second kappa shape index (κ2) is 4.01. The molecular formula is C10H16N2O2S2. The van der Waals surface area contributed by atoms with Gasteiger partial charge in [-0.2, -0.15) is 0 Å². The third-order valence-electron chi connectivity index (χ3n) is 2.95. The first-order chi connectivity index (χ1) is 7.41. The summed E-state index contributed by atoms with van der Waals surface area (Å²) in [7, 11) is -3.39. The summed E-state index contributed by atoms with van der Waals surface area (Å²) < 4.78 is 27.2. The van der Waals surface area contributed by atoms with Crippen molar-refractivity contribution in [2.75, 3.05) is 5.73 Å². The van der Waals surface area contributed by atoms with Crippen molar-refractivity contribution in [2.24, 2.45) is 0 Å². The Morgan fingerprint density at radius 1 is 1.44 bits per heavy atom. The summed E-state index contributed by atoms with van der Waals surface area (Å²) in [5.74, 6) is 0. The van der Waals surface area contributed by atoms with Crippen LogP contribution in [0.1, 0.15) is 32.6 Å². The molecule has 0 amide bonds. The molecule has 90 valence electrons. The molecule has 0 aliphatic heterocycles. The van der Waals surface area contributed by atoms with E-state index in [-0.39, 0.29) is 5.54 Å². The second-order valence-electron chi connectivity index (χ2n) is 4.57. The molecule has 0 spiro atoms. The Labute approximate surface area is 99.9 Å². The number of nitrogen functional groups attached to an aromatic ring is 1. The standard InChI is InChI=1S/C10H16N2O2S2/c1-10(4-2-3-5-10)12-16(13,14)9-6-8(11)7-15-9/h6-7,12H,2-5,11H2,1H3. The van der Waals surface area contributed by atoms with E-state index in [2.05, 4.69) is 4.72 Å². The molecular weight excluding hydrogens is 244 g/mol. The van der Waals surface area contributed by atoms with Crippen LogP contribution in [0.5, 0.6) is 0 Å². The molecule has 6 heteroatoms. The van der Waals surface area contributed by atoms with Gasteiger partial charge in [-0.3, -0.25) is 0 Å². The zero-order valence-corrected chi connectivity index (χ0v) is 10.8. The fraction of sp³-hybridized carbons (Fsp3) is 0.600. The highest BCUT2D eigenvalue weighted by atomic mass is 32.2. The monoisotopic (exact) mass is 260 g/mol. The topological polar surface area (TPSA) is 72.2 Å². The predicted octanol–water partition coefficient (Wildman–Crippen LogP) is 1.94. The molecule has 1 fully saturated rings. The van der Waals surface area contributed by atoms with Gasteiger partial charge in [-0.15, -0.1) is 11.3 Å². The molecule has 1 aliphatic rings. The Morgan fingerprint density at radius 3 is 2.56 bits per heavy atom. The molecule has 1 saturated carbocycles. The summed E-state index contributed by atoms with van der Waals surface area (Å²) in [6, 6.07) is 1.51. The lowest BCUT2D eigenvalue weighted by Gasteiger charge is -2.24. The molecule has 1 aliphatic carbocycles. The smallest absolute Gasteiger partial charge is 0.250 e. The minimum absolute atomic E-state index is 0.280. The number of rotatable bonds is 3. The Bertz CT molecular complexity index is 473. The third-order valence-corrected chi connectivity index (χ3v) is 6.04. The lowest BCUT2D eigenvalue weighted by atomic mass is 10.0. The molecule has 0 saturated heterocycles. The minimum Gasteiger partial charge on any atom is -0.398 e. The molecule has 1 aromatic rings. The van der Waals surface area contributed by atoms with E-state index in [0.29, 0.717) is 9.90 Å². The zero-order valence-electron chi connectivity index (χ0n) is 9.19. The number of thiophene rings is 1. The molecule has 16 heavy (non-hydrogen) atoms. The number of hydrogen-bond donors (Lipinski definition) is 2. The van der Waals surface area contributed by atoms with E-state index in [1.54, 1.807) is 5.38 Å². The van der Waals surface area contributed by atoms with Crippen molar-refractivity contribution < 1.29 is 8.42 Å². The van der Waals surface area contributed by atoms with Crippen LogP contribution in [0, 0.1) is 0 Å². The highest BCUT2D eigenvalue weighted by Gasteiger charge is 2.33. The summed E-state index contributed by atoms with van der Waals surface area (Å²) in [4.78, 5) is 0. The summed E-state index contributed by atoms with van der Waals surface area (Å²) in [5, 5.41) is 1.64. The van der Waals surface area contributed by atoms with Crippen LogP contribution in [0.15, 0.2) is 15.7 Å². The van der Waals surface area contributed by atoms with Gasteiger partial charge < -0.3 is 5.73 Å². The van der Waals surface area contributed by atoms with Gasteiger partial charge in [0.25, 0.3) is 10.0 Å². The van der Waals surface area contributed by atoms with E-state index >= 15 is 0 Å². The first kappa shape index (κ1) is 11.9. The lowest BCUT2D eigenvalue weighted by Crippen LogP contribution is -2.43. The van der Waals surface area contributed by atoms with Gasteiger partial charge in [0.05, 0.1) is 0 Å². The van der Waals surface area contributed by atoms with Gasteiger partial charge in [0.2, 0.25) is 0 Å². The molecule has 0 radical (unpaired) electrons. The summed E-state index contributed by atoms with van der Waals surface area (Å²) >= 11 is 1.16. The van der Waals surface area contributed by atoms with Crippen LogP contribution < -0.4 is 10.5 Å². The number of nitrogens with two attached hydrogens (primary N) is 1. The third kappa shape index (κ3) is 2.39. The SMILES string of the molecule is CC1(NS(=O)(=O)c2cc(N)cs2)CCCC1. The molecule has 0 atom stereocenters. The van der Waals surface area contributed by atoms with Gasteiger partial charge in [0.15, 0.2) is 0 Å². The van der Waals surface area contributed by atoms with Gasteiger partial charge in [-0.1, -0.05) is 12.8 Å². The lowest BCUT2D eigenvalue weighted by molar-refractivity contribution is 0.428. The van der Waals surface area contributed by atoms with E-state index < -0.39 is 10.0 Å². The van der Waals surface area contributed by atoms with Gasteiger partial charge in [-0.05, 0) is 25.8 Å². The summed E-state index contributed by atoms with van der Waals surface area (Å²) in [6.07, 6.45) is 4.00. The first-order valence-electron chi connectivity index (χ1n) is 5.29. The number of nitrogens with one attached hydrogen (secondary N) is 1. The molecule has 2 rings (SSSR count). The van der Waals surface area contributed by atoms with Crippen LogP contribution in [0.3, 0.4) is 0 Å². The van der Waals surface area contributed by atoms with E-state index in [0.717, 1.165) is 37.0 Å². The minimum atomic E-state index is -3.39. The zero-order chi connectivity index (χ0) is 11.8. The second-order valence-corrected chi connectivity index (χ2v) is 7.39. The van der Waals surface area contributed by atoms with Crippen LogP contribution in [-0.2, 0) is 10.0 Å². The van der Waals surface area contributed by atoms with Crippen LogP contribution >= 0.6 is 11.3 Å². The maximum atomic E-state index is 12.1. The van der Waals surface area contributed by atoms with Gasteiger partial charge in [-0.25, -0.2) is 13.1 Å². The fourth-order valence-electron chi connectivity index (χ4n) is 2.10. The van der Waals surface area contributed by atoms with E-state index in [1.807, 2.05) is 6.92 Å². The molecule has 1 aromatic heterocycles. The Hall–Kier alpha value is -0.590. The first-order valence-corrected chi connectivity index (χ1v) is 7.66. The normalized spacial score (nSPS) is 20.1. The number of hydrogen-bond acceptors (Lipinski definition) is 4. The Morgan fingerprint density at radius 2 is 2.06 bits per heavy atom. The van der Waals surface area contributed by atoms with Gasteiger partial charge >= 0.3 is 0 Å². The molecule has 3 N–H and O–H groups in total. The van der Waals surface area contributed by atoms with Crippen LogP contribution in [-0.4, -0.2) is 14.0 Å². The van der Waals surface area contributed by atoms with Crippen molar-refractivity contribution in [3.63, 3.8) is 0 Å². The molecule has 0 aromatic carbocycles. The van der Waals surface area contributed by atoms with E-state index in [9.17, 15) is 8.42 Å². The van der Waals surface area contributed by atoms with Crippen molar-refractivity contribution in [2.45, 2.75) is 42.4 Å². The molecule has 0 unspecified atom stereocenters. The van der Waals surface area contributed by atoms with E-state index in [4.69, 9.17) is 5.73 Å². The van der Waals surface area contributed by atoms with Crippen molar-refractivity contribution >= 4 is 27.0 Å². The van der Waals surface area contributed by atoms with Gasteiger partial charge in [0, 0.05) is 16.6 Å². The van der Waals surface area contributed by atoms with Crippen LogP contribution in [0.2, 0.25) is 0 Å². The maximum Gasteiger partial charge on any atom is 0.250 e. The predicted molar refractivity (Wildman–Crippen MR) is 65.9 cm³/mol. The average Bonchev–Trinajstić information content (AvgIpc) is 2.74. The van der Waals surface area contributed by atoms with E-state index in [1.165, 1.54) is 6.07 Å². The number of sulfonamides is 1. The van der Waals surface area contributed by atoms with Gasteiger partial charge in [0.1, 0.15) is 4.21 Å². The van der Waals surface area contributed by atoms with Crippen molar-refractivity contribution in [3.8, 4) is 0 Å². The van der Waals surface area contributed by atoms with Crippen molar-refractivity contribution in [1.29, 1.82) is 0 Å². The molecule has 1 heterocycles. The van der Waals surface area contributed by atoms with Crippen LogP contribution in [0.25, 0.3) is 0 Å². The highest BCUT2D eigenvalue weighted by Crippen LogP contribution is 2.31. The van der Waals surface area contributed by atoms with Crippen molar-refractivity contribution in [3.05, 3.63) is 11.4 Å². The molecule has 0 bridgehead atoms. The van der Waals surface area contributed by atoms with Crippen molar-refractivity contribution in [1.82, 2.24) is 4.72 Å². The fourth-order valence-corrected chi connectivity index (χ4v) is 4.65. The van der Waals surface area contributed by atoms with Crippen LogP contribution in [0.4, 0.5) is 5.69 Å². The highest BCUT2D eigenvalue weighted by molar-refractivity contribution is 7.91. The Kier molecular flexibility index (Phi) is 2.98. The molecule has 4 nitrogen and oxygen atoms in total. The number of anilines is 1. The average molecular weight is 260 g/mol.